The van der Waals surface area contributed by atoms with Gasteiger partial charge in [-0.2, -0.15) is 0 Å². The van der Waals surface area contributed by atoms with E-state index in [9.17, 15) is 8.78 Å². The van der Waals surface area contributed by atoms with Crippen molar-refractivity contribution in [2.45, 2.75) is 12.8 Å². The molecule has 1 aliphatic rings. The number of anilines is 1. The summed E-state index contributed by atoms with van der Waals surface area (Å²) in [5, 5.41) is 0. The van der Waals surface area contributed by atoms with Crippen LogP contribution in [0.1, 0.15) is 18.4 Å². The summed E-state index contributed by atoms with van der Waals surface area (Å²) in [6.45, 7) is 2.10. The van der Waals surface area contributed by atoms with Crippen molar-refractivity contribution in [1.29, 1.82) is 0 Å². The summed E-state index contributed by atoms with van der Waals surface area (Å²) in [7, 11) is 1.68. The molecule has 0 amide bonds. The van der Waals surface area contributed by atoms with Crippen LogP contribution < -0.4 is 10.6 Å². The first-order chi connectivity index (χ1) is 9.54. The molecule has 0 bridgehead atoms. The molecule has 0 spiro atoms. The van der Waals surface area contributed by atoms with Crippen molar-refractivity contribution in [3.8, 4) is 0 Å². The van der Waals surface area contributed by atoms with Gasteiger partial charge in [0, 0.05) is 32.4 Å². The molecule has 110 valence electrons. The standard InChI is InChI=1S/C14H18F2N2OS/c1-19-8-9-4-6-18(7-5-9)11-3-2-10(14(17)20)12(15)13(11)16/h2-3,9H,4-8H2,1H3,(H2,17,20). The van der Waals surface area contributed by atoms with Crippen LogP contribution in [0.15, 0.2) is 12.1 Å². The second-order valence-corrected chi connectivity index (χ2v) is 5.45. The minimum atomic E-state index is -0.964. The highest BCUT2D eigenvalue weighted by Gasteiger charge is 2.24. The Morgan fingerprint density at radius 1 is 1.35 bits per heavy atom. The van der Waals surface area contributed by atoms with Crippen molar-refractivity contribution in [2.75, 3.05) is 31.7 Å². The van der Waals surface area contributed by atoms with Crippen molar-refractivity contribution < 1.29 is 13.5 Å². The molecule has 1 saturated heterocycles. The normalized spacial score (nSPS) is 16.4. The number of methoxy groups -OCH3 is 1. The lowest BCUT2D eigenvalue weighted by Crippen LogP contribution is -2.35. The minimum absolute atomic E-state index is 0.0458. The van der Waals surface area contributed by atoms with Crippen LogP contribution in [-0.4, -0.2) is 31.8 Å². The lowest BCUT2D eigenvalue weighted by Gasteiger charge is -2.33. The molecule has 0 aliphatic carbocycles. The second-order valence-electron chi connectivity index (χ2n) is 5.01. The lowest BCUT2D eigenvalue weighted by molar-refractivity contribution is 0.139. The van der Waals surface area contributed by atoms with E-state index >= 15 is 0 Å². The van der Waals surface area contributed by atoms with Gasteiger partial charge in [0.15, 0.2) is 11.6 Å². The number of nitrogens with two attached hydrogens (primary N) is 1. The Morgan fingerprint density at radius 2 is 2.00 bits per heavy atom. The summed E-state index contributed by atoms with van der Waals surface area (Å²) in [6, 6.07) is 2.99. The minimum Gasteiger partial charge on any atom is -0.389 e. The van der Waals surface area contributed by atoms with Crippen molar-refractivity contribution in [3.63, 3.8) is 0 Å². The number of rotatable bonds is 4. The average molecular weight is 300 g/mol. The second kappa shape index (κ2) is 6.45. The molecule has 20 heavy (non-hydrogen) atoms. The van der Waals surface area contributed by atoms with Gasteiger partial charge in [-0.3, -0.25) is 0 Å². The Hall–Kier alpha value is -1.27. The molecule has 1 aromatic rings. The smallest absolute Gasteiger partial charge is 0.182 e. The Bertz CT molecular complexity index is 502. The maximum Gasteiger partial charge on any atom is 0.182 e. The quantitative estimate of drug-likeness (QED) is 0.867. The summed E-state index contributed by atoms with van der Waals surface area (Å²) in [5.74, 6) is -1.35. The Labute approximate surface area is 122 Å². The highest BCUT2D eigenvalue weighted by atomic mass is 32.1. The summed E-state index contributed by atoms with van der Waals surface area (Å²) in [4.78, 5) is 1.72. The van der Waals surface area contributed by atoms with Crippen LogP contribution in [0.5, 0.6) is 0 Å². The third-order valence-electron chi connectivity index (χ3n) is 3.68. The van der Waals surface area contributed by atoms with Crippen molar-refractivity contribution >= 4 is 22.9 Å². The topological polar surface area (TPSA) is 38.5 Å². The number of benzene rings is 1. The number of halogens is 2. The van der Waals surface area contributed by atoms with Crippen LogP contribution in [0.2, 0.25) is 0 Å². The molecule has 1 fully saturated rings. The molecule has 0 saturated carbocycles. The fourth-order valence-corrected chi connectivity index (χ4v) is 2.71. The molecule has 0 aromatic heterocycles. The van der Waals surface area contributed by atoms with E-state index in [1.807, 2.05) is 4.90 Å². The predicted octanol–water partition coefficient (Wildman–Crippen LogP) is 2.46. The van der Waals surface area contributed by atoms with Crippen molar-refractivity contribution in [2.24, 2.45) is 11.7 Å². The van der Waals surface area contributed by atoms with E-state index in [-0.39, 0.29) is 16.2 Å². The van der Waals surface area contributed by atoms with Crippen LogP contribution in [0, 0.1) is 17.6 Å². The number of ether oxygens (including phenoxy) is 1. The fourth-order valence-electron chi connectivity index (χ4n) is 2.55. The molecule has 0 atom stereocenters. The SMILES string of the molecule is COCC1CCN(c2ccc(C(N)=S)c(F)c2F)CC1. The highest BCUT2D eigenvalue weighted by molar-refractivity contribution is 7.80. The third-order valence-corrected chi connectivity index (χ3v) is 3.90. The zero-order chi connectivity index (χ0) is 14.7. The first-order valence-corrected chi connectivity index (χ1v) is 6.97. The van der Waals surface area contributed by atoms with E-state index in [2.05, 4.69) is 0 Å². The monoisotopic (exact) mass is 300 g/mol. The molecular weight excluding hydrogens is 282 g/mol. The first kappa shape index (κ1) is 15.1. The fraction of sp³-hybridized carbons (Fsp3) is 0.500. The Morgan fingerprint density at radius 3 is 2.55 bits per heavy atom. The Kier molecular flexibility index (Phi) is 4.88. The number of hydrogen-bond acceptors (Lipinski definition) is 3. The number of piperidine rings is 1. The van der Waals surface area contributed by atoms with Crippen molar-refractivity contribution in [3.05, 3.63) is 29.3 Å². The van der Waals surface area contributed by atoms with E-state index in [1.54, 1.807) is 13.2 Å². The largest absolute Gasteiger partial charge is 0.389 e. The van der Waals surface area contributed by atoms with E-state index in [4.69, 9.17) is 22.7 Å². The van der Waals surface area contributed by atoms with E-state index in [0.29, 0.717) is 25.6 Å². The van der Waals surface area contributed by atoms with Gasteiger partial charge in [0.25, 0.3) is 0 Å². The molecule has 2 N–H and O–H groups in total. The van der Waals surface area contributed by atoms with Gasteiger partial charge in [0.05, 0.1) is 5.69 Å². The molecular formula is C14H18F2N2OS. The van der Waals surface area contributed by atoms with E-state index in [1.165, 1.54) is 6.07 Å². The van der Waals surface area contributed by atoms with Crippen LogP contribution in [0.4, 0.5) is 14.5 Å². The van der Waals surface area contributed by atoms with Crippen molar-refractivity contribution in [1.82, 2.24) is 0 Å². The summed E-state index contributed by atoms with van der Waals surface area (Å²) in [6.07, 6.45) is 1.82. The molecule has 6 heteroatoms. The average Bonchev–Trinajstić information content (AvgIpc) is 2.43. The summed E-state index contributed by atoms with van der Waals surface area (Å²) >= 11 is 4.70. The van der Waals surface area contributed by atoms with Gasteiger partial charge in [-0.25, -0.2) is 8.78 Å². The zero-order valence-electron chi connectivity index (χ0n) is 11.4. The highest BCUT2D eigenvalue weighted by Crippen LogP contribution is 2.28. The van der Waals surface area contributed by atoms with Gasteiger partial charge >= 0.3 is 0 Å². The maximum absolute atomic E-state index is 14.1. The molecule has 0 unspecified atom stereocenters. The Balaban J connectivity index is 2.15. The van der Waals surface area contributed by atoms with E-state index in [0.717, 1.165) is 12.8 Å². The summed E-state index contributed by atoms with van der Waals surface area (Å²) in [5.41, 5.74) is 5.59. The number of hydrogen-bond donors (Lipinski definition) is 1. The van der Waals surface area contributed by atoms with Crippen LogP contribution in [0.3, 0.4) is 0 Å². The molecule has 0 radical (unpaired) electrons. The predicted molar refractivity (Wildman–Crippen MR) is 79.1 cm³/mol. The van der Waals surface area contributed by atoms with Gasteiger partial charge in [0.2, 0.25) is 0 Å². The van der Waals surface area contributed by atoms with Gasteiger partial charge in [0.1, 0.15) is 4.99 Å². The van der Waals surface area contributed by atoms with Gasteiger partial charge < -0.3 is 15.4 Å². The molecule has 1 aliphatic heterocycles. The van der Waals surface area contributed by atoms with Gasteiger partial charge in [-0.15, -0.1) is 0 Å². The maximum atomic E-state index is 14.1. The molecule has 2 rings (SSSR count). The van der Waals surface area contributed by atoms with E-state index < -0.39 is 11.6 Å². The first-order valence-electron chi connectivity index (χ1n) is 6.56. The molecule has 3 nitrogen and oxygen atoms in total. The zero-order valence-corrected chi connectivity index (χ0v) is 12.2. The van der Waals surface area contributed by atoms with Crippen LogP contribution in [-0.2, 0) is 4.74 Å². The van der Waals surface area contributed by atoms with Crippen LogP contribution >= 0.6 is 12.2 Å². The third kappa shape index (κ3) is 3.07. The molecule has 1 heterocycles. The number of thiocarbonyl (C=S) groups is 1. The lowest BCUT2D eigenvalue weighted by atomic mass is 9.97. The van der Waals surface area contributed by atoms with Gasteiger partial charge in [-0.1, -0.05) is 12.2 Å². The number of nitrogens with zero attached hydrogens (tertiary/aromatic N) is 1. The van der Waals surface area contributed by atoms with Gasteiger partial charge in [-0.05, 0) is 30.9 Å². The molecule has 1 aromatic carbocycles. The summed E-state index contributed by atoms with van der Waals surface area (Å²) < 4.78 is 33.1. The van der Waals surface area contributed by atoms with Crippen LogP contribution in [0.25, 0.3) is 0 Å².